The van der Waals surface area contributed by atoms with Crippen molar-refractivity contribution in [2.75, 3.05) is 24.5 Å². The number of carbonyl (C=O) groups is 1. The number of anilines is 1. The maximum atomic E-state index is 13.3. The summed E-state index contributed by atoms with van der Waals surface area (Å²) in [6, 6.07) is 14.8. The first-order chi connectivity index (χ1) is 14.3. The summed E-state index contributed by atoms with van der Waals surface area (Å²) < 4.78 is 1.70. The number of rotatable bonds is 4. The van der Waals surface area contributed by atoms with Gasteiger partial charge in [0.2, 0.25) is 5.91 Å². The summed E-state index contributed by atoms with van der Waals surface area (Å²) >= 11 is 0. The summed E-state index contributed by atoms with van der Waals surface area (Å²) in [5.41, 5.74) is 2.07. The smallest absolute Gasteiger partial charge is 0.226 e. The van der Waals surface area contributed by atoms with Crippen molar-refractivity contribution in [2.24, 2.45) is 5.92 Å². The van der Waals surface area contributed by atoms with Crippen LogP contribution in [-0.2, 0) is 11.2 Å². The molecule has 2 fully saturated rings. The number of aromatic nitrogens is 4. The fourth-order valence-corrected chi connectivity index (χ4v) is 4.70. The Balaban J connectivity index is 1.21. The van der Waals surface area contributed by atoms with Crippen molar-refractivity contribution in [3.8, 4) is 0 Å². The highest BCUT2D eigenvalue weighted by Crippen LogP contribution is 2.28. The van der Waals surface area contributed by atoms with Gasteiger partial charge in [0.1, 0.15) is 12.1 Å². The molecule has 1 aromatic carbocycles. The van der Waals surface area contributed by atoms with Crippen LogP contribution in [0.25, 0.3) is 5.65 Å². The molecule has 1 atom stereocenters. The molecule has 7 nitrogen and oxygen atoms in total. The van der Waals surface area contributed by atoms with Gasteiger partial charge in [-0.2, -0.15) is 4.52 Å². The molecule has 0 spiro atoms. The normalized spacial score (nSPS) is 20.5. The Morgan fingerprint density at radius 2 is 1.83 bits per heavy atom. The molecule has 0 saturated carbocycles. The zero-order valence-corrected chi connectivity index (χ0v) is 16.5. The van der Waals surface area contributed by atoms with Gasteiger partial charge in [-0.25, -0.2) is 0 Å². The Morgan fingerprint density at radius 1 is 1.00 bits per heavy atom. The molecular weight excluding hydrogens is 364 g/mol. The van der Waals surface area contributed by atoms with E-state index in [1.54, 1.807) is 10.8 Å². The van der Waals surface area contributed by atoms with Crippen LogP contribution in [0.4, 0.5) is 5.82 Å². The first kappa shape index (κ1) is 18.1. The van der Waals surface area contributed by atoms with Gasteiger partial charge in [-0.05, 0) is 49.8 Å². The molecule has 29 heavy (non-hydrogen) atoms. The van der Waals surface area contributed by atoms with Crippen LogP contribution >= 0.6 is 0 Å². The van der Waals surface area contributed by atoms with Crippen molar-refractivity contribution in [2.45, 2.75) is 38.1 Å². The first-order valence-electron chi connectivity index (χ1n) is 10.5. The second-order valence-electron chi connectivity index (χ2n) is 8.10. The fraction of sp³-hybridized carbons (Fsp3) is 0.455. The number of carbonyl (C=O) groups excluding carboxylic acids is 1. The van der Waals surface area contributed by atoms with Gasteiger partial charge in [-0.15, -0.1) is 15.3 Å². The van der Waals surface area contributed by atoms with E-state index in [0.717, 1.165) is 63.2 Å². The monoisotopic (exact) mass is 390 g/mol. The van der Waals surface area contributed by atoms with Crippen LogP contribution in [0.15, 0.2) is 48.8 Å². The van der Waals surface area contributed by atoms with Crippen LogP contribution in [0.2, 0.25) is 0 Å². The van der Waals surface area contributed by atoms with Crippen LogP contribution in [0, 0.1) is 5.92 Å². The highest BCUT2D eigenvalue weighted by atomic mass is 16.2. The number of amides is 1. The molecule has 5 rings (SSSR count). The average molecular weight is 390 g/mol. The predicted octanol–water partition coefficient (Wildman–Crippen LogP) is 2.57. The summed E-state index contributed by atoms with van der Waals surface area (Å²) in [6.07, 6.45) is 6.58. The van der Waals surface area contributed by atoms with Crippen LogP contribution in [0.1, 0.15) is 31.2 Å². The van der Waals surface area contributed by atoms with Gasteiger partial charge in [-0.1, -0.05) is 30.3 Å². The Bertz CT molecular complexity index is 979. The molecule has 0 N–H and O–H groups in total. The van der Waals surface area contributed by atoms with Crippen LogP contribution in [-0.4, -0.2) is 56.3 Å². The van der Waals surface area contributed by atoms with Crippen molar-refractivity contribution >= 4 is 17.4 Å². The topological polar surface area (TPSA) is 66.6 Å². The van der Waals surface area contributed by atoms with E-state index in [-0.39, 0.29) is 5.92 Å². The molecule has 2 aromatic heterocycles. The van der Waals surface area contributed by atoms with Crippen molar-refractivity contribution in [3.63, 3.8) is 0 Å². The molecule has 3 aromatic rings. The molecule has 2 aliphatic rings. The molecule has 7 heteroatoms. The van der Waals surface area contributed by atoms with Crippen LogP contribution < -0.4 is 4.90 Å². The molecular formula is C22H26N6O. The molecule has 0 bridgehead atoms. The molecule has 2 aliphatic heterocycles. The van der Waals surface area contributed by atoms with Crippen molar-refractivity contribution < 1.29 is 4.79 Å². The van der Waals surface area contributed by atoms with E-state index in [2.05, 4.69) is 49.4 Å². The molecule has 1 amide bonds. The van der Waals surface area contributed by atoms with Gasteiger partial charge in [0.15, 0.2) is 5.65 Å². The largest absolute Gasteiger partial charge is 0.355 e. The molecule has 150 valence electrons. The third kappa shape index (κ3) is 3.69. The SMILES string of the molecule is O=C(C1CCN(c2ccc3nncn3n2)CC1)N1CCCC1Cc1ccccc1. The van der Waals surface area contributed by atoms with E-state index in [9.17, 15) is 4.79 Å². The zero-order chi connectivity index (χ0) is 19.6. The van der Waals surface area contributed by atoms with Gasteiger partial charge in [0.05, 0.1) is 0 Å². The Morgan fingerprint density at radius 3 is 2.66 bits per heavy atom. The number of piperidine rings is 1. The Labute approximate surface area is 170 Å². The lowest BCUT2D eigenvalue weighted by atomic mass is 9.94. The minimum absolute atomic E-state index is 0.126. The first-order valence-corrected chi connectivity index (χ1v) is 10.5. The van der Waals surface area contributed by atoms with Gasteiger partial charge in [0.25, 0.3) is 0 Å². The molecule has 1 unspecified atom stereocenters. The lowest BCUT2D eigenvalue weighted by molar-refractivity contribution is -0.137. The molecule has 0 aliphatic carbocycles. The maximum absolute atomic E-state index is 13.3. The second kappa shape index (κ2) is 7.81. The number of nitrogens with zero attached hydrogens (tertiary/aromatic N) is 6. The van der Waals surface area contributed by atoms with Crippen LogP contribution in [0.3, 0.4) is 0 Å². The lowest BCUT2D eigenvalue weighted by Gasteiger charge is -2.35. The van der Waals surface area contributed by atoms with Gasteiger partial charge in [0, 0.05) is 31.6 Å². The van der Waals surface area contributed by atoms with E-state index in [1.165, 1.54) is 5.56 Å². The second-order valence-corrected chi connectivity index (χ2v) is 8.10. The predicted molar refractivity (Wildman–Crippen MR) is 111 cm³/mol. The highest BCUT2D eigenvalue weighted by Gasteiger charge is 2.34. The van der Waals surface area contributed by atoms with E-state index in [1.807, 2.05) is 18.2 Å². The highest BCUT2D eigenvalue weighted by molar-refractivity contribution is 5.80. The van der Waals surface area contributed by atoms with Crippen LogP contribution in [0.5, 0.6) is 0 Å². The average Bonchev–Trinajstić information content (AvgIpc) is 3.43. The number of benzene rings is 1. The quantitative estimate of drug-likeness (QED) is 0.685. The third-order valence-corrected chi connectivity index (χ3v) is 6.29. The molecule has 4 heterocycles. The Kier molecular flexibility index (Phi) is 4.87. The van der Waals surface area contributed by atoms with E-state index in [4.69, 9.17) is 0 Å². The summed E-state index contributed by atoms with van der Waals surface area (Å²) in [4.78, 5) is 17.7. The number of likely N-dealkylation sites (tertiary alicyclic amines) is 1. The molecule has 2 saturated heterocycles. The maximum Gasteiger partial charge on any atom is 0.226 e. The van der Waals surface area contributed by atoms with Crippen molar-refractivity contribution in [1.82, 2.24) is 24.7 Å². The number of hydrogen-bond acceptors (Lipinski definition) is 5. The van der Waals surface area contributed by atoms with E-state index < -0.39 is 0 Å². The minimum atomic E-state index is 0.126. The summed E-state index contributed by atoms with van der Waals surface area (Å²) in [7, 11) is 0. The zero-order valence-electron chi connectivity index (χ0n) is 16.5. The lowest BCUT2D eigenvalue weighted by Crippen LogP contribution is -2.45. The Hall–Kier alpha value is -2.96. The summed E-state index contributed by atoms with van der Waals surface area (Å²) in [5.74, 6) is 1.40. The number of fused-ring (bicyclic) bond motifs is 1. The summed E-state index contributed by atoms with van der Waals surface area (Å²) in [5, 5.41) is 12.5. The van der Waals surface area contributed by atoms with Gasteiger partial charge in [-0.3, -0.25) is 4.79 Å². The van der Waals surface area contributed by atoms with Gasteiger partial charge >= 0.3 is 0 Å². The third-order valence-electron chi connectivity index (χ3n) is 6.29. The summed E-state index contributed by atoms with van der Waals surface area (Å²) in [6.45, 7) is 2.62. The number of hydrogen-bond donors (Lipinski definition) is 0. The van der Waals surface area contributed by atoms with E-state index >= 15 is 0 Å². The van der Waals surface area contributed by atoms with Crippen molar-refractivity contribution in [1.29, 1.82) is 0 Å². The standard InChI is InChI=1S/C22H26N6O/c29-22(27-12-4-7-19(27)15-17-5-2-1-3-6-17)18-10-13-26(14-11-18)21-9-8-20-24-23-16-28(20)25-21/h1-3,5-6,8-9,16,18-19H,4,7,10-15H2. The minimum Gasteiger partial charge on any atom is -0.355 e. The van der Waals surface area contributed by atoms with Crippen molar-refractivity contribution in [3.05, 3.63) is 54.4 Å². The molecule has 0 radical (unpaired) electrons. The van der Waals surface area contributed by atoms with Gasteiger partial charge < -0.3 is 9.80 Å². The van der Waals surface area contributed by atoms with E-state index in [0.29, 0.717) is 11.9 Å². The fourth-order valence-electron chi connectivity index (χ4n) is 4.70.